The number of halogens is 6. The van der Waals surface area contributed by atoms with Gasteiger partial charge < -0.3 is 5.32 Å². The quantitative estimate of drug-likeness (QED) is 0.417. The minimum Gasteiger partial charge on any atom is -0.351 e. The Labute approximate surface area is 156 Å². The molecule has 9 heteroatoms. The lowest BCUT2D eigenvalue weighted by atomic mass is 9.95. The van der Waals surface area contributed by atoms with Gasteiger partial charge in [0.1, 0.15) is 11.6 Å². The van der Waals surface area contributed by atoms with Gasteiger partial charge in [-0.15, -0.1) is 11.8 Å². The predicted molar refractivity (Wildman–Crippen MR) is 89.0 cm³/mol. The van der Waals surface area contributed by atoms with Crippen LogP contribution in [0.3, 0.4) is 0 Å². The molecule has 0 aromatic heterocycles. The molecule has 0 radical (unpaired) electrons. The summed E-state index contributed by atoms with van der Waals surface area (Å²) < 4.78 is 80.3. The molecule has 0 aliphatic heterocycles. The van der Waals surface area contributed by atoms with E-state index in [2.05, 4.69) is 5.32 Å². The lowest BCUT2D eigenvalue weighted by molar-refractivity contribution is -0.128. The zero-order chi connectivity index (χ0) is 20.4. The minimum atomic E-state index is -1.54. The van der Waals surface area contributed by atoms with Crippen LogP contribution in [-0.4, -0.2) is 11.7 Å². The van der Waals surface area contributed by atoms with Crippen LogP contribution in [0.2, 0.25) is 0 Å². The number of amides is 1. The van der Waals surface area contributed by atoms with E-state index in [4.69, 9.17) is 0 Å². The van der Waals surface area contributed by atoms with Gasteiger partial charge in [0.2, 0.25) is 5.91 Å². The highest BCUT2D eigenvalue weighted by molar-refractivity contribution is 7.99. The molecule has 2 aromatic rings. The number of carbonyl (C=O) groups excluding carboxylic acids is 1. The van der Waals surface area contributed by atoms with E-state index in [1.165, 1.54) is 19.9 Å². The third-order valence-corrected chi connectivity index (χ3v) is 5.23. The minimum absolute atomic E-state index is 0.0532. The van der Waals surface area contributed by atoms with E-state index < -0.39 is 51.1 Å². The molecule has 0 spiro atoms. The molecule has 2 rings (SSSR count). The van der Waals surface area contributed by atoms with Gasteiger partial charge in [0.15, 0.2) is 23.3 Å². The molecule has 0 unspecified atom stereocenters. The van der Waals surface area contributed by atoms with Crippen LogP contribution in [0.25, 0.3) is 0 Å². The summed E-state index contributed by atoms with van der Waals surface area (Å²) in [6, 6.07) is 2.99. The van der Waals surface area contributed by atoms with E-state index >= 15 is 0 Å². The fourth-order valence-corrected chi connectivity index (χ4v) is 3.16. The second kappa shape index (κ2) is 8.24. The van der Waals surface area contributed by atoms with Crippen molar-refractivity contribution in [2.24, 2.45) is 5.41 Å². The van der Waals surface area contributed by atoms with Crippen molar-refractivity contribution in [2.75, 3.05) is 5.75 Å². The van der Waals surface area contributed by atoms with Crippen molar-refractivity contribution in [3.05, 3.63) is 64.7 Å². The van der Waals surface area contributed by atoms with Gasteiger partial charge in [-0.1, -0.05) is 19.9 Å². The van der Waals surface area contributed by atoms with Crippen molar-refractivity contribution in [1.82, 2.24) is 5.32 Å². The van der Waals surface area contributed by atoms with Crippen LogP contribution in [0.4, 0.5) is 26.3 Å². The van der Waals surface area contributed by atoms with E-state index in [9.17, 15) is 31.1 Å². The van der Waals surface area contributed by atoms with E-state index in [0.717, 1.165) is 6.07 Å². The van der Waals surface area contributed by atoms with Gasteiger partial charge in [-0.3, -0.25) is 4.79 Å². The normalized spacial score (nSPS) is 11.6. The van der Waals surface area contributed by atoms with E-state index in [-0.39, 0.29) is 23.9 Å². The molecular formula is C18H15F6NOS. The van der Waals surface area contributed by atoms with Crippen molar-refractivity contribution in [3.63, 3.8) is 0 Å². The number of nitrogens with one attached hydrogen (secondary N) is 1. The second-order valence-electron chi connectivity index (χ2n) is 6.39. The highest BCUT2D eigenvalue weighted by atomic mass is 32.2. The Bertz CT molecular complexity index is 845. The molecule has 146 valence electrons. The van der Waals surface area contributed by atoms with E-state index in [0.29, 0.717) is 17.8 Å². The summed E-state index contributed by atoms with van der Waals surface area (Å²) in [7, 11) is 0. The molecule has 0 aliphatic carbocycles. The van der Waals surface area contributed by atoms with Crippen molar-refractivity contribution in [2.45, 2.75) is 25.3 Å². The average Bonchev–Trinajstić information content (AvgIpc) is 2.59. The molecule has 2 nitrogen and oxygen atoms in total. The topological polar surface area (TPSA) is 29.1 Å². The predicted octanol–water partition coefficient (Wildman–Crippen LogP) is 4.96. The van der Waals surface area contributed by atoms with Gasteiger partial charge in [-0.05, 0) is 6.07 Å². The number of rotatable bonds is 6. The van der Waals surface area contributed by atoms with E-state index in [1.807, 2.05) is 0 Å². The summed E-state index contributed by atoms with van der Waals surface area (Å²) in [5.74, 6) is -8.53. The molecule has 0 aliphatic rings. The Morgan fingerprint density at radius 3 is 2.11 bits per heavy atom. The monoisotopic (exact) mass is 407 g/mol. The third kappa shape index (κ3) is 4.97. The smallest absolute Gasteiger partial charge is 0.226 e. The summed E-state index contributed by atoms with van der Waals surface area (Å²) in [6.45, 7) is 2.67. The maximum absolute atomic E-state index is 13.7. The molecule has 1 amide bonds. The molecule has 1 N–H and O–H groups in total. The van der Waals surface area contributed by atoms with Crippen LogP contribution in [0.5, 0.6) is 0 Å². The Morgan fingerprint density at radius 2 is 1.56 bits per heavy atom. The van der Waals surface area contributed by atoms with Gasteiger partial charge in [0, 0.05) is 30.0 Å². The van der Waals surface area contributed by atoms with Crippen LogP contribution in [0.15, 0.2) is 29.2 Å². The first-order valence-electron chi connectivity index (χ1n) is 7.71. The van der Waals surface area contributed by atoms with Gasteiger partial charge in [-0.2, -0.15) is 0 Å². The number of carbonyl (C=O) groups is 1. The number of hydrogen-bond donors (Lipinski definition) is 1. The molecule has 0 fully saturated rings. The fourth-order valence-electron chi connectivity index (χ4n) is 2.08. The second-order valence-corrected chi connectivity index (χ2v) is 7.37. The first kappa shape index (κ1) is 21.1. The Balaban J connectivity index is 2.05. The highest BCUT2D eigenvalue weighted by Gasteiger charge is 2.30. The van der Waals surface area contributed by atoms with E-state index in [1.54, 1.807) is 0 Å². The number of thioether (sulfide) groups is 1. The van der Waals surface area contributed by atoms with Crippen molar-refractivity contribution in [1.29, 1.82) is 0 Å². The molecule has 0 saturated carbocycles. The first-order valence-corrected chi connectivity index (χ1v) is 8.69. The largest absolute Gasteiger partial charge is 0.351 e. The van der Waals surface area contributed by atoms with Crippen molar-refractivity contribution >= 4 is 17.7 Å². The average molecular weight is 407 g/mol. The molecule has 0 atom stereocenters. The van der Waals surface area contributed by atoms with Gasteiger partial charge in [0.25, 0.3) is 0 Å². The Kier molecular flexibility index (Phi) is 6.46. The van der Waals surface area contributed by atoms with Crippen LogP contribution in [-0.2, 0) is 11.3 Å². The van der Waals surface area contributed by atoms with Crippen LogP contribution in [0.1, 0.15) is 19.4 Å². The fraction of sp³-hybridized carbons (Fsp3) is 0.278. The summed E-state index contributed by atoms with van der Waals surface area (Å²) >= 11 is 0.450. The SMILES string of the molecule is CC(C)(CSc1c(F)c(F)cc(F)c1F)C(=O)NCc1ccc(F)cc1F. The number of hydrogen-bond acceptors (Lipinski definition) is 2. The first-order chi connectivity index (χ1) is 12.5. The standard InChI is InChI=1S/C18H15F6NOS/c1-18(2,8-27-16-14(23)12(21)6-13(22)15(16)24)17(26)25-7-9-3-4-10(19)5-11(9)20/h3-6H,7-8H2,1-2H3,(H,25,26). The van der Waals surface area contributed by atoms with Crippen molar-refractivity contribution < 1.29 is 31.1 Å². The molecule has 2 aromatic carbocycles. The van der Waals surface area contributed by atoms with Gasteiger partial charge in [0.05, 0.1) is 10.3 Å². The molecular weight excluding hydrogens is 392 g/mol. The summed E-state index contributed by atoms with van der Waals surface area (Å²) in [5, 5.41) is 2.44. The maximum atomic E-state index is 13.7. The molecule has 0 heterocycles. The number of benzene rings is 2. The zero-order valence-electron chi connectivity index (χ0n) is 14.3. The summed E-state index contributed by atoms with van der Waals surface area (Å²) in [5.41, 5.74) is -1.15. The van der Waals surface area contributed by atoms with Gasteiger partial charge in [-0.25, -0.2) is 26.3 Å². The zero-order valence-corrected chi connectivity index (χ0v) is 15.1. The van der Waals surface area contributed by atoms with Crippen LogP contribution in [0, 0.1) is 40.3 Å². The Morgan fingerprint density at radius 1 is 0.963 bits per heavy atom. The molecule has 27 heavy (non-hydrogen) atoms. The summed E-state index contributed by atoms with van der Waals surface area (Å²) in [6.07, 6.45) is 0. The third-order valence-electron chi connectivity index (χ3n) is 3.72. The summed E-state index contributed by atoms with van der Waals surface area (Å²) in [4.78, 5) is 11.4. The van der Waals surface area contributed by atoms with Crippen LogP contribution < -0.4 is 5.32 Å². The highest BCUT2D eigenvalue weighted by Crippen LogP contribution is 2.33. The van der Waals surface area contributed by atoms with Crippen molar-refractivity contribution in [3.8, 4) is 0 Å². The molecule has 0 saturated heterocycles. The lowest BCUT2D eigenvalue weighted by Crippen LogP contribution is -2.38. The molecule has 0 bridgehead atoms. The maximum Gasteiger partial charge on any atom is 0.226 e. The lowest BCUT2D eigenvalue weighted by Gasteiger charge is -2.23. The van der Waals surface area contributed by atoms with Gasteiger partial charge >= 0.3 is 0 Å². The Hall–Kier alpha value is -2.16. The van der Waals surface area contributed by atoms with Crippen LogP contribution >= 0.6 is 11.8 Å².